The Morgan fingerprint density at radius 3 is 1.75 bits per heavy atom. The minimum Gasteiger partial charge on any atom is -0.176 e. The standard InChI is InChI=1S/C7H16S/c1-6(8)5-7(2,3)4/h6,8H,5H2,1-4H3. The maximum atomic E-state index is 4.29. The van der Waals surface area contributed by atoms with E-state index in [9.17, 15) is 0 Å². The summed E-state index contributed by atoms with van der Waals surface area (Å²) < 4.78 is 0. The van der Waals surface area contributed by atoms with Crippen LogP contribution in [0.4, 0.5) is 0 Å². The maximum Gasteiger partial charge on any atom is -0.000661 e. The zero-order valence-electron chi connectivity index (χ0n) is 6.23. The van der Waals surface area contributed by atoms with E-state index in [0.717, 1.165) is 0 Å². The van der Waals surface area contributed by atoms with E-state index in [2.05, 4.69) is 40.3 Å². The summed E-state index contributed by atoms with van der Waals surface area (Å²) in [7, 11) is 0. The van der Waals surface area contributed by atoms with Gasteiger partial charge in [-0.3, -0.25) is 0 Å². The maximum absolute atomic E-state index is 4.29. The van der Waals surface area contributed by atoms with E-state index in [0.29, 0.717) is 10.7 Å². The van der Waals surface area contributed by atoms with E-state index >= 15 is 0 Å². The van der Waals surface area contributed by atoms with Crippen LogP contribution in [0, 0.1) is 5.41 Å². The number of hydrogen-bond acceptors (Lipinski definition) is 1. The van der Waals surface area contributed by atoms with Crippen molar-refractivity contribution in [2.45, 2.75) is 39.4 Å². The van der Waals surface area contributed by atoms with Gasteiger partial charge in [0.1, 0.15) is 0 Å². The van der Waals surface area contributed by atoms with Gasteiger partial charge in [-0.15, -0.1) is 0 Å². The van der Waals surface area contributed by atoms with Crippen LogP contribution in [0.25, 0.3) is 0 Å². The van der Waals surface area contributed by atoms with E-state index in [4.69, 9.17) is 0 Å². The first-order valence-electron chi connectivity index (χ1n) is 3.10. The molecular weight excluding hydrogens is 116 g/mol. The SMILES string of the molecule is CC(S)CC(C)(C)C. The van der Waals surface area contributed by atoms with Gasteiger partial charge in [0.2, 0.25) is 0 Å². The number of thiol groups is 1. The van der Waals surface area contributed by atoms with Crippen LogP contribution in [0.3, 0.4) is 0 Å². The van der Waals surface area contributed by atoms with Crippen LogP contribution in [0.15, 0.2) is 0 Å². The fraction of sp³-hybridized carbons (Fsp3) is 1.00. The van der Waals surface area contributed by atoms with Gasteiger partial charge in [-0.1, -0.05) is 27.7 Å². The molecule has 0 saturated heterocycles. The highest BCUT2D eigenvalue weighted by atomic mass is 32.1. The van der Waals surface area contributed by atoms with Crippen molar-refractivity contribution in [2.24, 2.45) is 5.41 Å². The second-order valence-corrected chi connectivity index (χ2v) is 4.50. The molecule has 0 amide bonds. The molecule has 0 bridgehead atoms. The third kappa shape index (κ3) is 6.35. The highest BCUT2D eigenvalue weighted by Crippen LogP contribution is 2.22. The van der Waals surface area contributed by atoms with E-state index < -0.39 is 0 Å². The van der Waals surface area contributed by atoms with Gasteiger partial charge in [-0.2, -0.15) is 12.6 Å². The predicted molar refractivity (Wildman–Crippen MR) is 42.5 cm³/mol. The zero-order valence-corrected chi connectivity index (χ0v) is 7.13. The number of rotatable bonds is 1. The Bertz CT molecular complexity index is 59.3. The summed E-state index contributed by atoms with van der Waals surface area (Å²) in [4.78, 5) is 0. The molecule has 1 atom stereocenters. The average Bonchev–Trinajstić information content (AvgIpc) is 1.21. The predicted octanol–water partition coefficient (Wildman–Crippen LogP) is 2.74. The summed E-state index contributed by atoms with van der Waals surface area (Å²) >= 11 is 4.29. The molecule has 1 heteroatoms. The number of hydrogen-bond donors (Lipinski definition) is 1. The summed E-state index contributed by atoms with van der Waals surface area (Å²) in [5.41, 5.74) is 0.446. The van der Waals surface area contributed by atoms with Crippen molar-refractivity contribution in [1.29, 1.82) is 0 Å². The van der Waals surface area contributed by atoms with E-state index in [1.54, 1.807) is 0 Å². The highest BCUT2D eigenvalue weighted by Gasteiger charge is 2.11. The summed E-state index contributed by atoms with van der Waals surface area (Å²) in [6.45, 7) is 8.84. The molecule has 8 heavy (non-hydrogen) atoms. The fourth-order valence-electron chi connectivity index (χ4n) is 0.886. The van der Waals surface area contributed by atoms with Gasteiger partial charge in [0.25, 0.3) is 0 Å². The summed E-state index contributed by atoms with van der Waals surface area (Å²) in [6.07, 6.45) is 1.19. The second-order valence-electron chi connectivity index (χ2n) is 3.61. The topological polar surface area (TPSA) is 0 Å². The van der Waals surface area contributed by atoms with Gasteiger partial charge >= 0.3 is 0 Å². The van der Waals surface area contributed by atoms with E-state index in [1.165, 1.54) is 6.42 Å². The van der Waals surface area contributed by atoms with Crippen LogP contribution >= 0.6 is 12.6 Å². The molecule has 0 aromatic heterocycles. The molecule has 0 aliphatic rings. The van der Waals surface area contributed by atoms with Crippen molar-refractivity contribution in [3.8, 4) is 0 Å². The largest absolute Gasteiger partial charge is 0.176 e. The van der Waals surface area contributed by atoms with Crippen molar-refractivity contribution in [3.05, 3.63) is 0 Å². The molecule has 0 aliphatic carbocycles. The third-order valence-corrected chi connectivity index (χ3v) is 1.09. The first-order chi connectivity index (χ1) is 3.42. The van der Waals surface area contributed by atoms with Gasteiger partial charge in [-0.05, 0) is 17.1 Å². The minimum absolute atomic E-state index is 0.446. The Morgan fingerprint density at radius 1 is 1.38 bits per heavy atom. The molecule has 0 spiro atoms. The van der Waals surface area contributed by atoms with Gasteiger partial charge < -0.3 is 0 Å². The quantitative estimate of drug-likeness (QED) is 0.521. The van der Waals surface area contributed by atoms with E-state index in [1.807, 2.05) is 0 Å². The second kappa shape index (κ2) is 2.77. The van der Waals surface area contributed by atoms with Crippen LogP contribution in [0.1, 0.15) is 34.1 Å². The molecule has 0 N–H and O–H groups in total. The van der Waals surface area contributed by atoms with Gasteiger partial charge in [0, 0.05) is 0 Å². The Kier molecular flexibility index (Phi) is 2.89. The Balaban J connectivity index is 3.39. The van der Waals surface area contributed by atoms with Crippen LogP contribution < -0.4 is 0 Å². The summed E-state index contributed by atoms with van der Waals surface area (Å²) in [6, 6.07) is 0. The van der Waals surface area contributed by atoms with Crippen LogP contribution in [0.5, 0.6) is 0 Å². The molecule has 0 aromatic rings. The molecule has 50 valence electrons. The van der Waals surface area contributed by atoms with Crippen molar-refractivity contribution >= 4 is 12.6 Å². The lowest BCUT2D eigenvalue weighted by atomic mass is 9.91. The zero-order chi connectivity index (χ0) is 6.78. The highest BCUT2D eigenvalue weighted by molar-refractivity contribution is 7.80. The lowest BCUT2D eigenvalue weighted by Crippen LogP contribution is -2.10. The molecule has 0 aliphatic heterocycles. The Hall–Kier alpha value is 0.350. The van der Waals surface area contributed by atoms with Crippen molar-refractivity contribution < 1.29 is 0 Å². The smallest absolute Gasteiger partial charge is 0.000661 e. The van der Waals surface area contributed by atoms with E-state index in [-0.39, 0.29) is 0 Å². The van der Waals surface area contributed by atoms with Crippen LogP contribution in [-0.2, 0) is 0 Å². The molecule has 1 unspecified atom stereocenters. The molecule has 0 heterocycles. The van der Waals surface area contributed by atoms with Crippen LogP contribution in [0.2, 0.25) is 0 Å². The summed E-state index contributed by atoms with van der Waals surface area (Å²) in [5, 5.41) is 0.537. The average molecular weight is 132 g/mol. The molecular formula is C7H16S. The molecule has 0 saturated carbocycles. The minimum atomic E-state index is 0.446. The van der Waals surface area contributed by atoms with Crippen LogP contribution in [-0.4, -0.2) is 5.25 Å². The van der Waals surface area contributed by atoms with Crippen molar-refractivity contribution in [1.82, 2.24) is 0 Å². The lowest BCUT2D eigenvalue weighted by molar-refractivity contribution is 0.379. The first-order valence-corrected chi connectivity index (χ1v) is 3.61. The third-order valence-electron chi connectivity index (χ3n) is 0.908. The van der Waals surface area contributed by atoms with Gasteiger partial charge in [0.15, 0.2) is 0 Å². The molecule has 0 rings (SSSR count). The van der Waals surface area contributed by atoms with Gasteiger partial charge in [0.05, 0.1) is 0 Å². The molecule has 0 fully saturated rings. The van der Waals surface area contributed by atoms with Crippen molar-refractivity contribution in [3.63, 3.8) is 0 Å². The van der Waals surface area contributed by atoms with Gasteiger partial charge in [-0.25, -0.2) is 0 Å². The molecule has 0 radical (unpaired) electrons. The first kappa shape index (κ1) is 8.35. The summed E-state index contributed by atoms with van der Waals surface area (Å²) in [5.74, 6) is 0. The monoisotopic (exact) mass is 132 g/mol. The molecule has 0 aromatic carbocycles. The lowest BCUT2D eigenvalue weighted by Gasteiger charge is -2.19. The Morgan fingerprint density at radius 2 is 1.75 bits per heavy atom. The fourth-order valence-corrected chi connectivity index (χ4v) is 1.43. The Labute approximate surface area is 58.1 Å². The van der Waals surface area contributed by atoms with Crippen molar-refractivity contribution in [2.75, 3.05) is 0 Å². The normalized spacial score (nSPS) is 16.1. The molecule has 0 nitrogen and oxygen atoms in total.